The molecule has 0 unspecified atom stereocenters. The molecule has 0 amide bonds. The Labute approximate surface area is 135 Å². The summed E-state index contributed by atoms with van der Waals surface area (Å²) in [5.74, 6) is 2.95. The SMILES string of the molecule is CCc1nc(CN2CCN(Cc3noc(CC)n3)[C@@H](C)C2)no1. The molecule has 2 aromatic rings. The molecule has 1 atom stereocenters. The van der Waals surface area contributed by atoms with Crippen molar-refractivity contribution in [3.63, 3.8) is 0 Å². The van der Waals surface area contributed by atoms with E-state index in [0.717, 1.165) is 57.2 Å². The van der Waals surface area contributed by atoms with Crippen LogP contribution in [0.5, 0.6) is 0 Å². The minimum absolute atomic E-state index is 0.421. The molecule has 0 bridgehead atoms. The Morgan fingerprint density at radius 1 is 0.957 bits per heavy atom. The van der Waals surface area contributed by atoms with Crippen molar-refractivity contribution in [2.24, 2.45) is 0 Å². The van der Waals surface area contributed by atoms with Crippen LogP contribution in [0.4, 0.5) is 0 Å². The van der Waals surface area contributed by atoms with Crippen molar-refractivity contribution < 1.29 is 9.05 Å². The summed E-state index contributed by atoms with van der Waals surface area (Å²) in [5, 5.41) is 8.07. The predicted octanol–water partition coefficient (Wildman–Crippen LogP) is 1.28. The molecule has 126 valence electrons. The summed E-state index contributed by atoms with van der Waals surface area (Å²) in [5.41, 5.74) is 0. The molecule has 0 radical (unpaired) electrons. The third-order valence-electron chi connectivity index (χ3n) is 4.18. The fourth-order valence-electron chi connectivity index (χ4n) is 2.83. The summed E-state index contributed by atoms with van der Waals surface area (Å²) >= 11 is 0. The van der Waals surface area contributed by atoms with E-state index in [4.69, 9.17) is 9.05 Å². The summed E-state index contributed by atoms with van der Waals surface area (Å²) in [6, 6.07) is 0.421. The fraction of sp³-hybridized carbons (Fsp3) is 0.733. The molecule has 2 aromatic heterocycles. The highest BCUT2D eigenvalue weighted by Gasteiger charge is 2.25. The normalized spacial score (nSPS) is 20.2. The van der Waals surface area contributed by atoms with Crippen LogP contribution >= 0.6 is 0 Å². The highest BCUT2D eigenvalue weighted by atomic mass is 16.5. The first-order valence-corrected chi connectivity index (χ1v) is 8.27. The quantitative estimate of drug-likeness (QED) is 0.787. The van der Waals surface area contributed by atoms with Gasteiger partial charge in [-0.3, -0.25) is 9.80 Å². The van der Waals surface area contributed by atoms with Crippen LogP contribution in [-0.2, 0) is 25.9 Å². The molecule has 3 heterocycles. The van der Waals surface area contributed by atoms with Crippen LogP contribution in [0.15, 0.2) is 9.05 Å². The Hall–Kier alpha value is -1.80. The van der Waals surface area contributed by atoms with Crippen molar-refractivity contribution in [2.75, 3.05) is 19.6 Å². The molecule has 1 saturated heterocycles. The Bertz CT molecular complexity index is 625. The summed E-state index contributed by atoms with van der Waals surface area (Å²) in [6.45, 7) is 10.6. The molecule has 0 spiro atoms. The molecule has 0 aromatic carbocycles. The number of piperazine rings is 1. The second kappa shape index (κ2) is 7.18. The highest BCUT2D eigenvalue weighted by Crippen LogP contribution is 2.14. The van der Waals surface area contributed by atoms with Gasteiger partial charge in [0.1, 0.15) is 0 Å². The molecule has 8 nitrogen and oxygen atoms in total. The number of hydrogen-bond donors (Lipinski definition) is 0. The van der Waals surface area contributed by atoms with Crippen molar-refractivity contribution in [1.82, 2.24) is 30.1 Å². The zero-order chi connectivity index (χ0) is 16.2. The number of aryl methyl sites for hydroxylation is 2. The van der Waals surface area contributed by atoms with Crippen molar-refractivity contribution in [3.8, 4) is 0 Å². The summed E-state index contributed by atoms with van der Waals surface area (Å²) in [7, 11) is 0. The molecular formula is C15H24N6O2. The van der Waals surface area contributed by atoms with Gasteiger partial charge < -0.3 is 9.05 Å². The van der Waals surface area contributed by atoms with Crippen LogP contribution in [0, 0.1) is 0 Å². The fourth-order valence-corrected chi connectivity index (χ4v) is 2.83. The second-order valence-electron chi connectivity index (χ2n) is 5.97. The monoisotopic (exact) mass is 320 g/mol. The second-order valence-corrected chi connectivity index (χ2v) is 5.97. The smallest absolute Gasteiger partial charge is 0.226 e. The summed E-state index contributed by atoms with van der Waals surface area (Å²) in [4.78, 5) is 13.5. The largest absolute Gasteiger partial charge is 0.339 e. The number of hydrogen-bond acceptors (Lipinski definition) is 8. The lowest BCUT2D eigenvalue weighted by Crippen LogP contribution is -2.51. The third kappa shape index (κ3) is 3.94. The molecule has 23 heavy (non-hydrogen) atoms. The van der Waals surface area contributed by atoms with Gasteiger partial charge in [-0.15, -0.1) is 0 Å². The van der Waals surface area contributed by atoms with Gasteiger partial charge in [-0.25, -0.2) is 0 Å². The van der Waals surface area contributed by atoms with E-state index in [0.29, 0.717) is 17.8 Å². The number of rotatable bonds is 6. The van der Waals surface area contributed by atoms with Crippen LogP contribution in [0.3, 0.4) is 0 Å². The Morgan fingerprint density at radius 2 is 1.57 bits per heavy atom. The Kier molecular flexibility index (Phi) is 5.02. The first kappa shape index (κ1) is 16.1. The van der Waals surface area contributed by atoms with Gasteiger partial charge in [0.2, 0.25) is 11.8 Å². The molecule has 8 heteroatoms. The molecule has 0 aliphatic carbocycles. The van der Waals surface area contributed by atoms with E-state index in [9.17, 15) is 0 Å². The maximum absolute atomic E-state index is 5.18. The molecule has 1 aliphatic rings. The van der Waals surface area contributed by atoms with E-state index in [2.05, 4.69) is 37.0 Å². The molecule has 1 fully saturated rings. The first-order valence-electron chi connectivity index (χ1n) is 8.27. The van der Waals surface area contributed by atoms with Gasteiger partial charge in [0, 0.05) is 38.5 Å². The average molecular weight is 320 g/mol. The topological polar surface area (TPSA) is 84.3 Å². The summed E-state index contributed by atoms with van der Waals surface area (Å²) < 4.78 is 10.3. The van der Waals surface area contributed by atoms with E-state index >= 15 is 0 Å². The van der Waals surface area contributed by atoms with Gasteiger partial charge in [-0.2, -0.15) is 9.97 Å². The Balaban J connectivity index is 1.52. The van der Waals surface area contributed by atoms with Crippen molar-refractivity contribution in [2.45, 2.75) is 52.7 Å². The molecule has 0 saturated carbocycles. The van der Waals surface area contributed by atoms with Crippen LogP contribution in [-0.4, -0.2) is 55.8 Å². The van der Waals surface area contributed by atoms with Crippen molar-refractivity contribution in [1.29, 1.82) is 0 Å². The Morgan fingerprint density at radius 3 is 2.09 bits per heavy atom. The van der Waals surface area contributed by atoms with Crippen LogP contribution in [0.25, 0.3) is 0 Å². The zero-order valence-corrected chi connectivity index (χ0v) is 14.0. The van der Waals surface area contributed by atoms with Gasteiger partial charge in [0.05, 0.1) is 13.1 Å². The molecule has 0 N–H and O–H groups in total. The van der Waals surface area contributed by atoms with Crippen molar-refractivity contribution >= 4 is 0 Å². The maximum atomic E-state index is 5.18. The molecule has 1 aliphatic heterocycles. The zero-order valence-electron chi connectivity index (χ0n) is 14.0. The van der Waals surface area contributed by atoms with E-state index in [1.165, 1.54) is 0 Å². The summed E-state index contributed by atoms with van der Waals surface area (Å²) in [6.07, 6.45) is 1.56. The van der Waals surface area contributed by atoms with E-state index in [1.807, 2.05) is 13.8 Å². The van der Waals surface area contributed by atoms with Gasteiger partial charge in [0.25, 0.3) is 0 Å². The average Bonchev–Trinajstić information content (AvgIpc) is 3.19. The van der Waals surface area contributed by atoms with Gasteiger partial charge >= 0.3 is 0 Å². The number of aromatic nitrogens is 4. The number of nitrogens with zero attached hydrogens (tertiary/aromatic N) is 6. The van der Waals surface area contributed by atoms with Crippen LogP contribution in [0.2, 0.25) is 0 Å². The lowest BCUT2D eigenvalue weighted by Gasteiger charge is -2.38. The first-order chi connectivity index (χ1) is 11.2. The maximum Gasteiger partial charge on any atom is 0.226 e. The van der Waals surface area contributed by atoms with Crippen molar-refractivity contribution in [3.05, 3.63) is 23.4 Å². The van der Waals surface area contributed by atoms with E-state index < -0.39 is 0 Å². The van der Waals surface area contributed by atoms with Gasteiger partial charge in [-0.05, 0) is 6.92 Å². The lowest BCUT2D eigenvalue weighted by molar-refractivity contribution is 0.0688. The van der Waals surface area contributed by atoms with Crippen LogP contribution in [0.1, 0.15) is 44.2 Å². The molecule has 3 rings (SSSR count). The van der Waals surface area contributed by atoms with E-state index in [1.54, 1.807) is 0 Å². The van der Waals surface area contributed by atoms with Gasteiger partial charge in [-0.1, -0.05) is 24.2 Å². The minimum Gasteiger partial charge on any atom is -0.339 e. The lowest BCUT2D eigenvalue weighted by atomic mass is 10.2. The third-order valence-corrected chi connectivity index (χ3v) is 4.18. The minimum atomic E-state index is 0.421. The molecular weight excluding hydrogens is 296 g/mol. The predicted molar refractivity (Wildman–Crippen MR) is 82.5 cm³/mol. The highest BCUT2D eigenvalue weighted by molar-refractivity contribution is 4.91. The van der Waals surface area contributed by atoms with Gasteiger partial charge in [0.15, 0.2) is 11.6 Å². The van der Waals surface area contributed by atoms with E-state index in [-0.39, 0.29) is 0 Å². The standard InChI is InChI=1S/C15H24N6O2/c1-4-14-16-12(18-22-14)9-20-6-7-21(11(3)8-20)10-13-17-15(5-2)23-19-13/h11H,4-10H2,1-3H3/t11-/m0/s1. The van der Waals surface area contributed by atoms with Crippen LogP contribution < -0.4 is 0 Å².